The summed E-state index contributed by atoms with van der Waals surface area (Å²) in [6, 6.07) is 5.38. The van der Waals surface area contributed by atoms with Gasteiger partial charge in [0.05, 0.1) is 0 Å². The largest absolute Gasteiger partial charge is 0.480 e. The number of hydrogen-bond donors (Lipinski definition) is 3. The van der Waals surface area contributed by atoms with Crippen LogP contribution in [0, 0.1) is 0 Å². The number of aliphatic carboxylic acids is 1. The molecule has 0 radical (unpaired) electrons. The number of carboxylic acid groups (broad SMARTS) is 1. The van der Waals surface area contributed by atoms with E-state index >= 15 is 0 Å². The van der Waals surface area contributed by atoms with Crippen molar-refractivity contribution in [1.82, 2.24) is 10.2 Å². The SMILES string of the molecule is CC(C)NC(=O)Nc1ccc(C(=O)N2CCC[C@H]2C(=O)O)cc1. The van der Waals surface area contributed by atoms with Gasteiger partial charge in [0, 0.05) is 23.8 Å². The van der Waals surface area contributed by atoms with Gasteiger partial charge in [0.2, 0.25) is 0 Å². The maximum Gasteiger partial charge on any atom is 0.326 e. The maximum absolute atomic E-state index is 12.4. The molecule has 1 fully saturated rings. The number of amides is 3. The summed E-state index contributed by atoms with van der Waals surface area (Å²) in [4.78, 5) is 36.6. The van der Waals surface area contributed by atoms with Crippen LogP contribution in [0.15, 0.2) is 24.3 Å². The average Bonchev–Trinajstić information content (AvgIpc) is 2.96. The van der Waals surface area contributed by atoms with E-state index < -0.39 is 12.0 Å². The molecule has 3 amide bonds. The summed E-state index contributed by atoms with van der Waals surface area (Å²) in [7, 11) is 0. The van der Waals surface area contributed by atoms with Crippen LogP contribution in [0.4, 0.5) is 10.5 Å². The van der Waals surface area contributed by atoms with Crippen LogP contribution in [0.1, 0.15) is 37.0 Å². The molecule has 0 aromatic heterocycles. The van der Waals surface area contributed by atoms with Crippen LogP contribution in [0.25, 0.3) is 0 Å². The van der Waals surface area contributed by atoms with Gasteiger partial charge in [-0.05, 0) is 51.0 Å². The summed E-state index contributed by atoms with van der Waals surface area (Å²) < 4.78 is 0. The summed E-state index contributed by atoms with van der Waals surface area (Å²) in [5.41, 5.74) is 0.976. The van der Waals surface area contributed by atoms with Crippen molar-refractivity contribution in [3.8, 4) is 0 Å². The maximum atomic E-state index is 12.4. The molecule has 124 valence electrons. The minimum absolute atomic E-state index is 0.0268. The van der Waals surface area contributed by atoms with Crippen molar-refractivity contribution in [3.63, 3.8) is 0 Å². The van der Waals surface area contributed by atoms with E-state index in [1.165, 1.54) is 4.90 Å². The molecule has 7 nitrogen and oxygen atoms in total. The van der Waals surface area contributed by atoms with Crippen molar-refractivity contribution in [2.75, 3.05) is 11.9 Å². The molecular formula is C16H21N3O4. The lowest BCUT2D eigenvalue weighted by Crippen LogP contribution is -2.40. The zero-order valence-electron chi connectivity index (χ0n) is 13.2. The molecule has 23 heavy (non-hydrogen) atoms. The van der Waals surface area contributed by atoms with Gasteiger partial charge < -0.3 is 20.6 Å². The topological polar surface area (TPSA) is 98.7 Å². The van der Waals surface area contributed by atoms with Crippen LogP contribution < -0.4 is 10.6 Å². The normalized spacial score (nSPS) is 17.2. The third-order valence-corrected chi connectivity index (χ3v) is 3.61. The van der Waals surface area contributed by atoms with Gasteiger partial charge in [0.25, 0.3) is 5.91 Å². The van der Waals surface area contributed by atoms with Gasteiger partial charge in [-0.2, -0.15) is 0 Å². The van der Waals surface area contributed by atoms with Crippen LogP contribution in [0.5, 0.6) is 0 Å². The fourth-order valence-electron chi connectivity index (χ4n) is 2.56. The van der Waals surface area contributed by atoms with E-state index in [1.54, 1.807) is 24.3 Å². The molecule has 0 spiro atoms. The van der Waals surface area contributed by atoms with E-state index in [-0.39, 0.29) is 18.0 Å². The number of benzene rings is 1. The smallest absolute Gasteiger partial charge is 0.326 e. The Kier molecular flexibility index (Phi) is 5.20. The van der Waals surface area contributed by atoms with Gasteiger partial charge in [0.15, 0.2) is 0 Å². The highest BCUT2D eigenvalue weighted by atomic mass is 16.4. The van der Waals surface area contributed by atoms with Crippen molar-refractivity contribution in [3.05, 3.63) is 29.8 Å². The number of carboxylic acids is 1. The number of hydrogen-bond acceptors (Lipinski definition) is 3. The van der Waals surface area contributed by atoms with E-state index in [0.717, 1.165) is 0 Å². The van der Waals surface area contributed by atoms with Crippen LogP contribution in [-0.4, -0.2) is 46.5 Å². The highest BCUT2D eigenvalue weighted by molar-refractivity contribution is 5.97. The van der Waals surface area contributed by atoms with Crippen LogP contribution >= 0.6 is 0 Å². The Morgan fingerprint density at radius 1 is 1.22 bits per heavy atom. The van der Waals surface area contributed by atoms with Crippen molar-refractivity contribution in [2.24, 2.45) is 0 Å². The third-order valence-electron chi connectivity index (χ3n) is 3.61. The van der Waals surface area contributed by atoms with Crippen molar-refractivity contribution >= 4 is 23.6 Å². The summed E-state index contributed by atoms with van der Waals surface area (Å²) >= 11 is 0. The van der Waals surface area contributed by atoms with Crippen molar-refractivity contribution < 1.29 is 19.5 Å². The first-order valence-corrected chi connectivity index (χ1v) is 7.60. The second-order valence-electron chi connectivity index (χ2n) is 5.83. The molecule has 1 saturated heterocycles. The lowest BCUT2D eigenvalue weighted by Gasteiger charge is -2.21. The van der Waals surface area contributed by atoms with E-state index in [9.17, 15) is 14.4 Å². The van der Waals surface area contributed by atoms with E-state index in [4.69, 9.17) is 5.11 Å². The molecule has 1 heterocycles. The molecule has 2 rings (SSSR count). The van der Waals surface area contributed by atoms with E-state index in [2.05, 4.69) is 10.6 Å². The fraction of sp³-hybridized carbons (Fsp3) is 0.438. The number of nitrogens with one attached hydrogen (secondary N) is 2. The number of anilines is 1. The first kappa shape index (κ1) is 16.8. The van der Waals surface area contributed by atoms with E-state index in [0.29, 0.717) is 30.6 Å². The average molecular weight is 319 g/mol. The predicted octanol–water partition coefficient (Wildman–Crippen LogP) is 1.91. The minimum Gasteiger partial charge on any atom is -0.480 e. The molecule has 1 aromatic carbocycles. The minimum atomic E-state index is -0.973. The molecule has 0 bridgehead atoms. The third kappa shape index (κ3) is 4.21. The van der Waals surface area contributed by atoms with Crippen LogP contribution in [0.3, 0.4) is 0 Å². The highest BCUT2D eigenvalue weighted by Gasteiger charge is 2.34. The zero-order chi connectivity index (χ0) is 17.0. The van der Waals surface area contributed by atoms with Gasteiger partial charge >= 0.3 is 12.0 Å². The summed E-state index contributed by atoms with van der Waals surface area (Å²) in [6.07, 6.45) is 1.17. The van der Waals surface area contributed by atoms with Gasteiger partial charge in [0.1, 0.15) is 6.04 Å². The zero-order valence-corrected chi connectivity index (χ0v) is 13.2. The fourth-order valence-corrected chi connectivity index (χ4v) is 2.56. The highest BCUT2D eigenvalue weighted by Crippen LogP contribution is 2.21. The van der Waals surface area contributed by atoms with Crippen LogP contribution in [-0.2, 0) is 4.79 Å². The van der Waals surface area contributed by atoms with Gasteiger partial charge in [-0.1, -0.05) is 0 Å². The van der Waals surface area contributed by atoms with E-state index in [1.807, 2.05) is 13.8 Å². The lowest BCUT2D eigenvalue weighted by atomic mass is 10.1. The summed E-state index contributed by atoms with van der Waals surface area (Å²) in [6.45, 7) is 4.17. The van der Waals surface area contributed by atoms with Gasteiger partial charge in [-0.15, -0.1) is 0 Å². The Hall–Kier alpha value is -2.57. The quantitative estimate of drug-likeness (QED) is 0.789. The Morgan fingerprint density at radius 2 is 1.87 bits per heavy atom. The van der Waals surface area contributed by atoms with Crippen molar-refractivity contribution in [2.45, 2.75) is 38.8 Å². The molecule has 0 saturated carbocycles. The second-order valence-corrected chi connectivity index (χ2v) is 5.83. The van der Waals surface area contributed by atoms with Gasteiger partial charge in [-0.25, -0.2) is 9.59 Å². The molecular weight excluding hydrogens is 298 g/mol. The molecule has 0 aliphatic carbocycles. The Labute approximate surface area is 134 Å². The summed E-state index contributed by atoms with van der Waals surface area (Å²) in [5.74, 6) is -1.27. The molecule has 1 aromatic rings. The predicted molar refractivity (Wildman–Crippen MR) is 85.4 cm³/mol. The van der Waals surface area contributed by atoms with Gasteiger partial charge in [-0.3, -0.25) is 4.79 Å². The molecule has 1 aliphatic heterocycles. The molecule has 0 unspecified atom stereocenters. The molecule has 3 N–H and O–H groups in total. The number of urea groups is 1. The number of rotatable bonds is 4. The summed E-state index contributed by atoms with van der Waals surface area (Å²) in [5, 5.41) is 14.5. The molecule has 1 aliphatic rings. The number of carbonyl (C=O) groups excluding carboxylic acids is 2. The number of carbonyl (C=O) groups is 3. The second kappa shape index (κ2) is 7.13. The van der Waals surface area contributed by atoms with Crippen molar-refractivity contribution in [1.29, 1.82) is 0 Å². The monoisotopic (exact) mass is 319 g/mol. The molecule has 1 atom stereocenters. The Balaban J connectivity index is 2.03. The standard InChI is InChI=1S/C16H21N3O4/c1-10(2)17-16(23)18-12-7-5-11(6-8-12)14(20)19-9-3-4-13(19)15(21)22/h5-8,10,13H,3-4,9H2,1-2H3,(H,21,22)(H2,17,18,23)/t13-/m0/s1. The number of nitrogens with zero attached hydrogens (tertiary/aromatic N) is 1. The first-order valence-electron chi connectivity index (χ1n) is 7.60. The first-order chi connectivity index (χ1) is 10.9. The van der Waals surface area contributed by atoms with Crippen LogP contribution in [0.2, 0.25) is 0 Å². The Morgan fingerprint density at radius 3 is 2.43 bits per heavy atom. The molecule has 7 heteroatoms. The Bertz CT molecular complexity index is 598. The number of likely N-dealkylation sites (tertiary alicyclic amines) is 1. The lowest BCUT2D eigenvalue weighted by molar-refractivity contribution is -0.141.